The molecule has 1 aromatic carbocycles. The Kier molecular flexibility index (Phi) is 3.20. The highest BCUT2D eigenvalue weighted by Crippen LogP contribution is 2.40. The van der Waals surface area contributed by atoms with Crippen LogP contribution in [0, 0.1) is 0 Å². The van der Waals surface area contributed by atoms with Crippen molar-refractivity contribution >= 4 is 11.8 Å². The molecule has 104 valence electrons. The topological polar surface area (TPSA) is 37.4 Å². The minimum Gasteiger partial charge on any atom is -0.269 e. The van der Waals surface area contributed by atoms with E-state index < -0.39 is 0 Å². The summed E-state index contributed by atoms with van der Waals surface area (Å²) in [5.74, 6) is -0.339. The first kappa shape index (κ1) is 13.1. The van der Waals surface area contributed by atoms with Crippen LogP contribution < -0.4 is 0 Å². The van der Waals surface area contributed by atoms with Crippen molar-refractivity contribution in [3.8, 4) is 0 Å². The fourth-order valence-electron chi connectivity index (χ4n) is 3.55. The van der Waals surface area contributed by atoms with Gasteiger partial charge in [0.05, 0.1) is 6.04 Å². The first-order valence-corrected chi connectivity index (χ1v) is 7.36. The van der Waals surface area contributed by atoms with Gasteiger partial charge in [0.2, 0.25) is 0 Å². The Labute approximate surface area is 119 Å². The number of fused-ring (bicyclic) bond motifs is 1. The van der Waals surface area contributed by atoms with Crippen molar-refractivity contribution < 1.29 is 9.59 Å². The maximum atomic E-state index is 12.0. The normalized spacial score (nSPS) is 20.9. The van der Waals surface area contributed by atoms with E-state index >= 15 is 0 Å². The van der Waals surface area contributed by atoms with Gasteiger partial charge in [-0.15, -0.1) is 0 Å². The van der Waals surface area contributed by atoms with Crippen molar-refractivity contribution in [3.63, 3.8) is 0 Å². The van der Waals surface area contributed by atoms with Gasteiger partial charge in [-0.2, -0.15) is 0 Å². The molecule has 0 radical (unpaired) electrons. The summed E-state index contributed by atoms with van der Waals surface area (Å²) in [5.41, 5.74) is 5.21. The van der Waals surface area contributed by atoms with Crippen LogP contribution in [0.25, 0.3) is 0 Å². The monoisotopic (exact) mass is 269 g/mol. The van der Waals surface area contributed by atoms with Gasteiger partial charge in [-0.05, 0) is 47.9 Å². The first-order chi connectivity index (χ1) is 9.67. The minimum atomic E-state index is -0.170. The maximum Gasteiger partial charge on any atom is 0.254 e. The molecule has 0 aromatic heterocycles. The maximum absolute atomic E-state index is 12.0. The fourth-order valence-corrected chi connectivity index (χ4v) is 3.55. The molecule has 0 unspecified atom stereocenters. The number of hydrogen-bond acceptors (Lipinski definition) is 2. The van der Waals surface area contributed by atoms with E-state index in [1.807, 2.05) is 0 Å². The van der Waals surface area contributed by atoms with Gasteiger partial charge in [-0.25, -0.2) is 0 Å². The third-order valence-corrected chi connectivity index (χ3v) is 4.45. The Morgan fingerprint density at radius 2 is 1.80 bits per heavy atom. The highest BCUT2D eigenvalue weighted by Gasteiger charge is 2.37. The second-order valence-corrected chi connectivity index (χ2v) is 5.42. The fraction of sp³-hybridized carbons (Fsp3) is 0.412. The number of nitrogens with zero attached hydrogens (tertiary/aromatic N) is 1. The van der Waals surface area contributed by atoms with Crippen LogP contribution in [0.15, 0.2) is 24.3 Å². The van der Waals surface area contributed by atoms with Crippen LogP contribution >= 0.6 is 0 Å². The van der Waals surface area contributed by atoms with E-state index in [0.717, 1.165) is 25.7 Å². The molecule has 2 aliphatic rings. The van der Waals surface area contributed by atoms with Gasteiger partial charge in [0.25, 0.3) is 11.8 Å². The van der Waals surface area contributed by atoms with Gasteiger partial charge in [0.1, 0.15) is 0 Å². The molecule has 0 spiro atoms. The Bertz CT molecular complexity index is 598. The Morgan fingerprint density at radius 1 is 1.10 bits per heavy atom. The quantitative estimate of drug-likeness (QED) is 0.791. The first-order valence-electron chi connectivity index (χ1n) is 7.36. The molecule has 1 heterocycles. The molecule has 2 amide bonds. The minimum absolute atomic E-state index is 0.0681. The molecule has 0 saturated heterocycles. The van der Waals surface area contributed by atoms with E-state index in [4.69, 9.17) is 0 Å². The van der Waals surface area contributed by atoms with E-state index in [2.05, 4.69) is 26.0 Å². The lowest BCUT2D eigenvalue weighted by molar-refractivity contribution is -0.139. The van der Waals surface area contributed by atoms with Gasteiger partial charge >= 0.3 is 0 Å². The Balaban J connectivity index is 2.09. The summed E-state index contributed by atoms with van der Waals surface area (Å²) in [6.45, 7) is 4.30. The third-order valence-electron chi connectivity index (χ3n) is 4.45. The average Bonchev–Trinajstić information content (AvgIpc) is 3.01. The summed E-state index contributed by atoms with van der Waals surface area (Å²) in [6.07, 6.45) is 6.52. The largest absolute Gasteiger partial charge is 0.269 e. The van der Waals surface area contributed by atoms with Crippen LogP contribution in [0.5, 0.6) is 0 Å². The molecule has 20 heavy (non-hydrogen) atoms. The van der Waals surface area contributed by atoms with Crippen molar-refractivity contribution in [1.82, 2.24) is 4.90 Å². The molecular weight excluding hydrogens is 250 g/mol. The Morgan fingerprint density at radius 3 is 2.40 bits per heavy atom. The summed E-state index contributed by atoms with van der Waals surface area (Å²) in [6, 6.07) is 4.30. The van der Waals surface area contributed by atoms with E-state index in [-0.39, 0.29) is 17.9 Å². The predicted octanol–water partition coefficient (Wildman–Crippen LogP) is 2.72. The molecule has 3 heteroatoms. The number of carbonyl (C=O) groups excluding carboxylic acids is 2. The summed E-state index contributed by atoms with van der Waals surface area (Å²) >= 11 is 0. The van der Waals surface area contributed by atoms with E-state index in [1.165, 1.54) is 39.3 Å². The van der Waals surface area contributed by atoms with Crippen LogP contribution in [-0.4, -0.2) is 16.7 Å². The van der Waals surface area contributed by atoms with Gasteiger partial charge in [0.15, 0.2) is 0 Å². The number of benzene rings is 1. The molecule has 1 atom stereocenters. The molecule has 3 rings (SSSR count). The number of imide groups is 1. The Hall–Kier alpha value is -1.90. The zero-order valence-electron chi connectivity index (χ0n) is 12.0. The van der Waals surface area contributed by atoms with Crippen molar-refractivity contribution in [2.45, 2.75) is 45.6 Å². The lowest BCUT2D eigenvalue weighted by Crippen LogP contribution is -2.33. The third kappa shape index (κ3) is 1.80. The van der Waals surface area contributed by atoms with Gasteiger partial charge < -0.3 is 0 Å². The van der Waals surface area contributed by atoms with E-state index in [1.54, 1.807) is 0 Å². The summed E-state index contributed by atoms with van der Waals surface area (Å²) in [5, 5.41) is 0. The zero-order valence-corrected chi connectivity index (χ0v) is 12.0. The predicted molar refractivity (Wildman–Crippen MR) is 77.3 cm³/mol. The lowest BCUT2D eigenvalue weighted by Gasteiger charge is -2.25. The number of hydrogen-bond donors (Lipinski definition) is 0. The van der Waals surface area contributed by atoms with Crippen LogP contribution in [0.2, 0.25) is 0 Å². The zero-order chi connectivity index (χ0) is 14.3. The molecule has 1 aliphatic carbocycles. The van der Waals surface area contributed by atoms with Crippen molar-refractivity contribution in [1.29, 1.82) is 0 Å². The molecule has 1 aromatic rings. The molecular formula is C17H19NO2. The van der Waals surface area contributed by atoms with Crippen molar-refractivity contribution in [2.24, 2.45) is 0 Å². The molecule has 3 nitrogen and oxygen atoms in total. The summed E-state index contributed by atoms with van der Waals surface area (Å²) < 4.78 is 0. The molecule has 0 fully saturated rings. The summed E-state index contributed by atoms with van der Waals surface area (Å²) in [7, 11) is 0. The van der Waals surface area contributed by atoms with Crippen molar-refractivity contribution in [2.75, 3.05) is 0 Å². The van der Waals surface area contributed by atoms with Gasteiger partial charge in [0, 0.05) is 12.2 Å². The molecule has 0 N–H and O–H groups in total. The summed E-state index contributed by atoms with van der Waals surface area (Å²) in [4.78, 5) is 25.3. The van der Waals surface area contributed by atoms with Crippen LogP contribution in [0.1, 0.15) is 48.6 Å². The smallest absolute Gasteiger partial charge is 0.254 e. The second-order valence-electron chi connectivity index (χ2n) is 5.42. The van der Waals surface area contributed by atoms with Gasteiger partial charge in [-0.1, -0.05) is 26.0 Å². The van der Waals surface area contributed by atoms with Crippen LogP contribution in [-0.2, 0) is 28.9 Å². The molecule has 1 aliphatic heterocycles. The SMILES string of the molecule is CCc1ccc2c(c1CC)[C@@H](N1C(=O)C=CC1=O)CC2. The number of aryl methyl sites for hydroxylation is 2. The molecule has 0 saturated carbocycles. The van der Waals surface area contributed by atoms with Crippen LogP contribution in [0.3, 0.4) is 0 Å². The second kappa shape index (κ2) is 4.89. The number of rotatable bonds is 3. The van der Waals surface area contributed by atoms with E-state index in [0.29, 0.717) is 0 Å². The highest BCUT2D eigenvalue weighted by molar-refractivity contribution is 6.13. The van der Waals surface area contributed by atoms with Crippen molar-refractivity contribution in [3.05, 3.63) is 46.5 Å². The number of carbonyl (C=O) groups is 2. The van der Waals surface area contributed by atoms with E-state index in [9.17, 15) is 9.59 Å². The highest BCUT2D eigenvalue weighted by atomic mass is 16.2. The number of amides is 2. The average molecular weight is 269 g/mol. The van der Waals surface area contributed by atoms with Gasteiger partial charge in [-0.3, -0.25) is 14.5 Å². The molecule has 0 bridgehead atoms. The van der Waals surface area contributed by atoms with Crippen LogP contribution in [0.4, 0.5) is 0 Å². The lowest BCUT2D eigenvalue weighted by atomic mass is 9.92. The standard InChI is InChI=1S/C17H19NO2/c1-3-11-5-6-12-7-8-14(17(12)13(11)4-2)18-15(19)9-10-16(18)20/h5-6,9-10,14H,3-4,7-8H2,1-2H3/t14-/m0/s1.